The van der Waals surface area contributed by atoms with E-state index in [4.69, 9.17) is 9.26 Å². The van der Waals surface area contributed by atoms with E-state index in [1.165, 1.54) is 13.4 Å². The molecule has 2 N–H and O–H groups in total. The van der Waals surface area contributed by atoms with Crippen LogP contribution >= 0.6 is 0 Å². The minimum absolute atomic E-state index is 0.0308. The number of hydrogen-bond acceptors (Lipinski definition) is 9. The zero-order valence-electron chi connectivity index (χ0n) is 11.5. The average molecular weight is 294 g/mol. The Hall–Kier alpha value is -2.75. The molecule has 2 aromatic rings. The highest BCUT2D eigenvalue weighted by atomic mass is 16.6. The van der Waals surface area contributed by atoms with Crippen molar-refractivity contribution in [3.8, 4) is 0 Å². The Bertz CT molecular complexity index is 629. The van der Waals surface area contributed by atoms with Crippen LogP contribution < -0.4 is 10.6 Å². The molecule has 112 valence electrons. The summed E-state index contributed by atoms with van der Waals surface area (Å²) < 4.78 is 9.77. The van der Waals surface area contributed by atoms with Gasteiger partial charge >= 0.3 is 5.69 Å². The number of nitro groups is 1. The van der Waals surface area contributed by atoms with Gasteiger partial charge in [0.25, 0.3) is 0 Å². The maximum Gasteiger partial charge on any atom is 0.353 e. The first-order valence-electron chi connectivity index (χ1n) is 6.04. The lowest BCUT2D eigenvalue weighted by Crippen LogP contribution is -2.12. The van der Waals surface area contributed by atoms with Gasteiger partial charge < -0.3 is 19.9 Å². The van der Waals surface area contributed by atoms with Crippen LogP contribution in [0.2, 0.25) is 0 Å². The normalized spacial score (nSPS) is 10.4. The third-order valence-corrected chi connectivity index (χ3v) is 2.48. The molecular weight excluding hydrogens is 280 g/mol. The summed E-state index contributed by atoms with van der Waals surface area (Å²) in [6.07, 6.45) is 1.22. The largest absolute Gasteiger partial charge is 0.383 e. The third-order valence-electron chi connectivity index (χ3n) is 2.48. The monoisotopic (exact) mass is 294 g/mol. The van der Waals surface area contributed by atoms with Gasteiger partial charge in [0.15, 0.2) is 5.82 Å². The molecule has 0 amide bonds. The molecule has 0 aliphatic rings. The molecule has 2 aromatic heterocycles. The zero-order chi connectivity index (χ0) is 15.2. The van der Waals surface area contributed by atoms with Gasteiger partial charge in [-0.3, -0.25) is 10.1 Å². The van der Waals surface area contributed by atoms with E-state index in [1.807, 2.05) is 0 Å². The molecule has 0 aromatic carbocycles. The molecule has 2 rings (SSSR count). The van der Waals surface area contributed by atoms with Crippen LogP contribution in [-0.4, -0.2) is 40.3 Å². The van der Waals surface area contributed by atoms with Crippen LogP contribution in [0.1, 0.15) is 5.76 Å². The van der Waals surface area contributed by atoms with Crippen LogP contribution in [0.15, 0.2) is 16.9 Å². The second-order valence-corrected chi connectivity index (χ2v) is 4.04. The standard InChI is InChI=1S/C11H14N6O4/c1-7-5-8(16-21-7)15-11-9(17(18)19)10(13-6-14-11)12-3-4-20-2/h5-6H,3-4H2,1-2H3,(H2,12,13,14,15,16). The van der Waals surface area contributed by atoms with Gasteiger partial charge in [-0.05, 0) is 6.92 Å². The lowest BCUT2D eigenvalue weighted by Gasteiger charge is -2.08. The molecular formula is C11H14N6O4. The van der Waals surface area contributed by atoms with Crippen LogP contribution in [0.25, 0.3) is 0 Å². The molecule has 0 bridgehead atoms. The Morgan fingerprint density at radius 1 is 1.43 bits per heavy atom. The van der Waals surface area contributed by atoms with Gasteiger partial charge in [0.05, 0.1) is 11.5 Å². The predicted octanol–water partition coefficient (Wildman–Crippen LogP) is 1.48. The third kappa shape index (κ3) is 3.63. The minimum Gasteiger partial charge on any atom is -0.383 e. The van der Waals surface area contributed by atoms with Gasteiger partial charge in [-0.1, -0.05) is 5.16 Å². The van der Waals surface area contributed by atoms with E-state index in [9.17, 15) is 10.1 Å². The van der Waals surface area contributed by atoms with Crippen LogP contribution in [0.5, 0.6) is 0 Å². The maximum atomic E-state index is 11.2. The van der Waals surface area contributed by atoms with E-state index in [-0.39, 0.29) is 17.3 Å². The molecule has 21 heavy (non-hydrogen) atoms. The Labute approximate surface area is 119 Å². The van der Waals surface area contributed by atoms with E-state index < -0.39 is 4.92 Å². The minimum atomic E-state index is -0.565. The lowest BCUT2D eigenvalue weighted by atomic mass is 10.4. The van der Waals surface area contributed by atoms with Crippen molar-refractivity contribution in [1.82, 2.24) is 15.1 Å². The summed E-state index contributed by atoms with van der Waals surface area (Å²) in [5.74, 6) is 1.04. The quantitative estimate of drug-likeness (QED) is 0.443. The first-order chi connectivity index (χ1) is 10.1. The van der Waals surface area contributed by atoms with Crippen molar-refractivity contribution in [2.45, 2.75) is 6.92 Å². The summed E-state index contributed by atoms with van der Waals surface area (Å²) in [4.78, 5) is 18.4. The number of nitrogens with one attached hydrogen (secondary N) is 2. The summed E-state index contributed by atoms with van der Waals surface area (Å²) in [7, 11) is 1.54. The molecule has 0 fully saturated rings. The van der Waals surface area contributed by atoms with Gasteiger partial charge in [0.1, 0.15) is 12.1 Å². The Balaban J connectivity index is 2.27. The number of aromatic nitrogens is 3. The Morgan fingerprint density at radius 2 is 2.19 bits per heavy atom. The molecule has 0 spiro atoms. The van der Waals surface area contributed by atoms with Gasteiger partial charge in [-0.15, -0.1) is 0 Å². The molecule has 0 atom stereocenters. The molecule has 10 heteroatoms. The fourth-order valence-electron chi connectivity index (χ4n) is 1.59. The molecule has 10 nitrogen and oxygen atoms in total. The second kappa shape index (κ2) is 6.61. The van der Waals surface area contributed by atoms with E-state index in [0.717, 1.165) is 0 Å². The number of methoxy groups -OCH3 is 1. The van der Waals surface area contributed by atoms with Gasteiger partial charge in [0, 0.05) is 19.7 Å². The van der Waals surface area contributed by atoms with E-state index in [1.54, 1.807) is 13.0 Å². The van der Waals surface area contributed by atoms with Gasteiger partial charge in [-0.2, -0.15) is 0 Å². The van der Waals surface area contributed by atoms with E-state index in [2.05, 4.69) is 25.8 Å². The summed E-state index contributed by atoms with van der Waals surface area (Å²) in [6.45, 7) is 2.49. The molecule has 0 saturated carbocycles. The molecule has 2 heterocycles. The number of ether oxygens (including phenoxy) is 1. The number of hydrogen-bond donors (Lipinski definition) is 2. The first kappa shape index (κ1) is 14.7. The van der Waals surface area contributed by atoms with Crippen molar-refractivity contribution in [2.75, 3.05) is 30.9 Å². The predicted molar refractivity (Wildman–Crippen MR) is 73.6 cm³/mol. The summed E-state index contributed by atoms with van der Waals surface area (Å²) in [5, 5.41) is 20.5. The smallest absolute Gasteiger partial charge is 0.353 e. The molecule has 0 saturated heterocycles. The van der Waals surface area contributed by atoms with Crippen LogP contribution in [0, 0.1) is 17.0 Å². The molecule has 0 unspecified atom stereocenters. The van der Waals surface area contributed by atoms with Crippen molar-refractivity contribution in [1.29, 1.82) is 0 Å². The first-order valence-corrected chi connectivity index (χ1v) is 6.04. The van der Waals surface area contributed by atoms with Crippen molar-refractivity contribution in [2.24, 2.45) is 0 Å². The molecule has 0 aliphatic carbocycles. The maximum absolute atomic E-state index is 11.2. The van der Waals surface area contributed by atoms with Crippen LogP contribution in [0.4, 0.5) is 23.1 Å². The topological polar surface area (TPSA) is 128 Å². The fourth-order valence-corrected chi connectivity index (χ4v) is 1.59. The van der Waals surface area contributed by atoms with Crippen molar-refractivity contribution < 1.29 is 14.2 Å². The average Bonchev–Trinajstić information content (AvgIpc) is 2.84. The number of aryl methyl sites for hydroxylation is 1. The van der Waals surface area contributed by atoms with Gasteiger partial charge in [0.2, 0.25) is 11.6 Å². The van der Waals surface area contributed by atoms with Gasteiger partial charge in [-0.25, -0.2) is 9.97 Å². The summed E-state index contributed by atoms with van der Waals surface area (Å²) >= 11 is 0. The highest BCUT2D eigenvalue weighted by Gasteiger charge is 2.23. The molecule has 0 aliphatic heterocycles. The Kier molecular flexibility index (Phi) is 4.61. The number of rotatable bonds is 7. The Morgan fingerprint density at radius 3 is 2.81 bits per heavy atom. The van der Waals surface area contributed by atoms with Crippen LogP contribution in [-0.2, 0) is 4.74 Å². The lowest BCUT2D eigenvalue weighted by molar-refractivity contribution is -0.383. The summed E-state index contributed by atoms with van der Waals surface area (Å²) in [5.41, 5.74) is -0.269. The fraction of sp³-hybridized carbons (Fsp3) is 0.364. The highest BCUT2D eigenvalue weighted by Crippen LogP contribution is 2.30. The molecule has 0 radical (unpaired) electrons. The van der Waals surface area contributed by atoms with Crippen molar-refractivity contribution >= 4 is 23.1 Å². The highest BCUT2D eigenvalue weighted by molar-refractivity contribution is 5.72. The number of nitrogens with zero attached hydrogens (tertiary/aromatic N) is 4. The van der Waals surface area contributed by atoms with Crippen molar-refractivity contribution in [3.63, 3.8) is 0 Å². The zero-order valence-corrected chi connectivity index (χ0v) is 11.5. The van der Waals surface area contributed by atoms with E-state index in [0.29, 0.717) is 24.7 Å². The number of anilines is 3. The SMILES string of the molecule is COCCNc1ncnc(Nc2cc(C)on2)c1[N+](=O)[O-]. The second-order valence-electron chi connectivity index (χ2n) is 4.04. The summed E-state index contributed by atoms with van der Waals surface area (Å²) in [6, 6.07) is 1.60. The van der Waals surface area contributed by atoms with Crippen LogP contribution in [0.3, 0.4) is 0 Å². The van der Waals surface area contributed by atoms with Crippen molar-refractivity contribution in [3.05, 3.63) is 28.3 Å². The van der Waals surface area contributed by atoms with E-state index >= 15 is 0 Å².